The number of thiazole rings is 1. The fourth-order valence-corrected chi connectivity index (χ4v) is 5.18. The number of aromatic nitrogens is 1. The van der Waals surface area contributed by atoms with Crippen LogP contribution in [0.3, 0.4) is 0 Å². The van der Waals surface area contributed by atoms with E-state index in [4.69, 9.17) is 22.8 Å². The van der Waals surface area contributed by atoms with Crippen molar-refractivity contribution in [3.63, 3.8) is 0 Å². The molecule has 2 heterocycles. The minimum absolute atomic E-state index is 0.150. The van der Waals surface area contributed by atoms with E-state index < -0.39 is 40.2 Å². The van der Waals surface area contributed by atoms with Gasteiger partial charge in [0.1, 0.15) is 22.8 Å². The van der Waals surface area contributed by atoms with Crippen LogP contribution in [-0.4, -0.2) is 53.7 Å². The molecule has 2 amide bonds. The molecule has 1 fully saturated rings. The topological polar surface area (TPSA) is 74.8 Å². The summed E-state index contributed by atoms with van der Waals surface area (Å²) in [6.45, 7) is 8.54. The van der Waals surface area contributed by atoms with Crippen LogP contribution in [0.15, 0.2) is 41.8 Å². The molecule has 0 bridgehead atoms. The highest BCUT2D eigenvalue weighted by molar-refractivity contribution is 7.14. The maximum atomic E-state index is 15.0. The van der Waals surface area contributed by atoms with Crippen molar-refractivity contribution in [2.24, 2.45) is 0 Å². The number of ether oxygens (including phenoxy) is 1. The summed E-state index contributed by atoms with van der Waals surface area (Å²) in [6, 6.07) is 9.26. The number of carbonyl (C=O) groups excluding carboxylic acids is 2. The van der Waals surface area contributed by atoms with Gasteiger partial charge >= 0.3 is 6.09 Å². The Balaban J connectivity index is 1.45. The van der Waals surface area contributed by atoms with Gasteiger partial charge in [-0.2, -0.15) is 0 Å². The van der Waals surface area contributed by atoms with Gasteiger partial charge in [0.15, 0.2) is 5.13 Å². The monoisotopic (exact) mass is 586 g/mol. The number of anilines is 2. The highest BCUT2D eigenvalue weighted by atomic mass is 35.5. The molecule has 40 heavy (non-hydrogen) atoms. The molecule has 0 aliphatic carbocycles. The zero-order valence-corrected chi connectivity index (χ0v) is 24.1. The molecule has 1 saturated heterocycles. The van der Waals surface area contributed by atoms with E-state index in [2.05, 4.69) is 16.2 Å². The smallest absolute Gasteiger partial charge is 0.410 e. The van der Waals surface area contributed by atoms with Crippen LogP contribution in [0.25, 0.3) is 0 Å². The summed E-state index contributed by atoms with van der Waals surface area (Å²) in [4.78, 5) is 32.9. The minimum Gasteiger partial charge on any atom is -0.444 e. The number of piperazine rings is 1. The molecule has 1 N–H and O–H groups in total. The normalized spacial score (nSPS) is 15.2. The molecular formula is C29H29ClF2N4O3S. The maximum Gasteiger partial charge on any atom is 0.410 e. The Morgan fingerprint density at radius 1 is 1.07 bits per heavy atom. The number of hydrogen-bond acceptors (Lipinski definition) is 6. The maximum absolute atomic E-state index is 15.0. The summed E-state index contributed by atoms with van der Waals surface area (Å²) >= 11 is 7.09. The third-order valence-corrected chi connectivity index (χ3v) is 7.51. The first-order valence-corrected chi connectivity index (χ1v) is 13.8. The van der Waals surface area contributed by atoms with Gasteiger partial charge in [-0.3, -0.25) is 10.1 Å². The first-order chi connectivity index (χ1) is 18.8. The van der Waals surface area contributed by atoms with Crippen molar-refractivity contribution in [1.29, 1.82) is 0 Å². The van der Waals surface area contributed by atoms with Crippen molar-refractivity contribution in [1.82, 2.24) is 9.88 Å². The van der Waals surface area contributed by atoms with Gasteiger partial charge in [-0.15, -0.1) is 17.8 Å². The van der Waals surface area contributed by atoms with Crippen molar-refractivity contribution >= 4 is 45.8 Å². The lowest BCUT2D eigenvalue weighted by molar-refractivity contribution is 0.0240. The van der Waals surface area contributed by atoms with Gasteiger partial charge in [-0.1, -0.05) is 29.7 Å². The van der Waals surface area contributed by atoms with Gasteiger partial charge in [0.2, 0.25) is 0 Å². The Morgan fingerprint density at radius 3 is 2.23 bits per heavy atom. The lowest BCUT2D eigenvalue weighted by atomic mass is 9.81. The third kappa shape index (κ3) is 6.37. The predicted molar refractivity (Wildman–Crippen MR) is 153 cm³/mol. The molecule has 0 spiro atoms. The van der Waals surface area contributed by atoms with Crippen molar-refractivity contribution in [3.8, 4) is 12.3 Å². The molecule has 2 aromatic carbocycles. The van der Waals surface area contributed by atoms with E-state index in [0.717, 1.165) is 29.0 Å². The molecule has 1 atom stereocenters. The molecule has 7 nitrogen and oxygen atoms in total. The van der Waals surface area contributed by atoms with Gasteiger partial charge in [-0.05, 0) is 57.5 Å². The Labute approximate surface area is 241 Å². The van der Waals surface area contributed by atoms with Crippen LogP contribution in [0.5, 0.6) is 0 Å². The number of carbonyl (C=O) groups is 2. The second-order valence-corrected chi connectivity index (χ2v) is 11.8. The molecule has 1 aliphatic heterocycles. The van der Waals surface area contributed by atoms with Gasteiger partial charge in [0.25, 0.3) is 5.91 Å². The van der Waals surface area contributed by atoms with Crippen LogP contribution >= 0.6 is 22.9 Å². The highest BCUT2D eigenvalue weighted by Gasteiger charge is 2.31. The predicted octanol–water partition coefficient (Wildman–Crippen LogP) is 6.32. The molecule has 1 aliphatic rings. The van der Waals surface area contributed by atoms with Crippen LogP contribution in [0, 0.1) is 24.0 Å². The number of amides is 2. The van der Waals surface area contributed by atoms with E-state index in [9.17, 15) is 9.59 Å². The number of terminal acetylenes is 1. The van der Waals surface area contributed by atoms with Crippen LogP contribution in [0.1, 0.15) is 49.3 Å². The quantitative estimate of drug-likeness (QED) is 0.354. The molecule has 210 valence electrons. The number of nitrogens with zero attached hydrogens (tertiary/aromatic N) is 3. The lowest BCUT2D eigenvalue weighted by Gasteiger charge is -2.36. The molecular weight excluding hydrogens is 558 g/mol. The molecule has 1 unspecified atom stereocenters. The SMILES string of the molecule is C#CC(C)(c1ccc(Cl)cc1)c1csc(NC(=O)c2c(F)cc(N3CCN(C(=O)OC(C)(C)C)CC3)cc2F)n1. The Bertz CT molecular complexity index is 1430. The Morgan fingerprint density at radius 2 is 1.68 bits per heavy atom. The van der Waals surface area contributed by atoms with Gasteiger partial charge in [-0.25, -0.2) is 18.6 Å². The summed E-state index contributed by atoms with van der Waals surface area (Å²) in [5, 5.41) is 4.88. The van der Waals surface area contributed by atoms with Crippen LogP contribution in [-0.2, 0) is 10.2 Å². The van der Waals surface area contributed by atoms with E-state index in [1.54, 1.807) is 60.2 Å². The molecule has 0 saturated carbocycles. The summed E-state index contributed by atoms with van der Waals surface area (Å²) in [7, 11) is 0. The summed E-state index contributed by atoms with van der Waals surface area (Å²) in [5.74, 6) is -0.240. The standard InChI is InChI=1S/C29H29ClF2N4O3S/c1-6-29(5,18-7-9-19(30)10-8-18)23-17-40-26(33-23)34-25(37)24-21(31)15-20(16-22(24)32)35-11-13-36(14-12-35)27(38)39-28(2,3)4/h1,7-10,15-17H,11-14H2,2-5H3,(H,33,34,37). The summed E-state index contributed by atoms with van der Waals surface area (Å²) < 4.78 is 35.5. The van der Waals surface area contributed by atoms with Crippen LogP contribution in [0.2, 0.25) is 5.02 Å². The van der Waals surface area contributed by atoms with E-state index >= 15 is 8.78 Å². The van der Waals surface area contributed by atoms with E-state index in [0.29, 0.717) is 36.9 Å². The highest BCUT2D eigenvalue weighted by Crippen LogP contribution is 2.34. The number of halogens is 3. The van der Waals surface area contributed by atoms with Crippen molar-refractivity contribution in [2.45, 2.75) is 38.7 Å². The van der Waals surface area contributed by atoms with Gasteiger partial charge < -0.3 is 14.5 Å². The van der Waals surface area contributed by atoms with Gasteiger partial charge in [0.05, 0.1) is 11.1 Å². The zero-order valence-electron chi connectivity index (χ0n) is 22.6. The van der Waals surface area contributed by atoms with Crippen LogP contribution < -0.4 is 10.2 Å². The summed E-state index contributed by atoms with van der Waals surface area (Å²) in [6.07, 6.45) is 5.41. The fraction of sp³-hybridized carbons (Fsp3) is 0.345. The van der Waals surface area contributed by atoms with Crippen molar-refractivity contribution in [3.05, 3.63) is 75.3 Å². The Kier molecular flexibility index (Phi) is 8.38. The molecule has 3 aromatic rings. The zero-order chi connectivity index (χ0) is 29.2. The average Bonchev–Trinajstić information content (AvgIpc) is 3.36. The fourth-order valence-electron chi connectivity index (χ4n) is 4.24. The van der Waals surface area contributed by atoms with Gasteiger partial charge in [0, 0.05) is 42.3 Å². The number of benzene rings is 2. The summed E-state index contributed by atoms with van der Waals surface area (Å²) in [5.41, 5.74) is -0.684. The van der Waals surface area contributed by atoms with Crippen molar-refractivity contribution in [2.75, 3.05) is 36.4 Å². The largest absolute Gasteiger partial charge is 0.444 e. The first-order valence-electron chi connectivity index (χ1n) is 12.5. The van der Waals surface area contributed by atoms with Crippen LogP contribution in [0.4, 0.5) is 24.4 Å². The van der Waals surface area contributed by atoms with E-state index in [-0.39, 0.29) is 10.8 Å². The number of hydrogen-bond donors (Lipinski definition) is 1. The first kappa shape index (κ1) is 29.3. The van der Waals surface area contributed by atoms with E-state index in [1.165, 1.54) is 0 Å². The number of rotatable bonds is 5. The Hall–Kier alpha value is -3.68. The average molecular weight is 587 g/mol. The second kappa shape index (κ2) is 11.4. The minimum atomic E-state index is -1.01. The molecule has 1 aromatic heterocycles. The van der Waals surface area contributed by atoms with E-state index in [1.807, 2.05) is 6.92 Å². The molecule has 11 heteroatoms. The molecule has 0 radical (unpaired) electrons. The molecule has 4 rings (SSSR count). The number of nitrogens with one attached hydrogen (secondary N) is 1. The second-order valence-electron chi connectivity index (χ2n) is 10.5. The van der Waals surface area contributed by atoms with Crippen molar-refractivity contribution < 1.29 is 23.1 Å². The third-order valence-electron chi connectivity index (χ3n) is 6.50. The lowest BCUT2D eigenvalue weighted by Crippen LogP contribution is -2.50.